The van der Waals surface area contributed by atoms with E-state index in [9.17, 15) is 4.79 Å². The summed E-state index contributed by atoms with van der Waals surface area (Å²) in [5.41, 5.74) is 0.808. The van der Waals surface area contributed by atoms with Crippen molar-refractivity contribution in [2.24, 2.45) is 17.8 Å². The summed E-state index contributed by atoms with van der Waals surface area (Å²) in [5, 5.41) is 12.3. The Labute approximate surface area is 162 Å². The van der Waals surface area contributed by atoms with Crippen LogP contribution in [0.15, 0.2) is 33.9 Å². The maximum Gasteiger partial charge on any atom is 0.277 e. The van der Waals surface area contributed by atoms with Gasteiger partial charge in [0, 0.05) is 16.6 Å². The lowest BCUT2D eigenvalue weighted by atomic mass is 9.84. The zero-order chi connectivity index (χ0) is 18.1. The van der Waals surface area contributed by atoms with Crippen LogP contribution < -0.4 is 5.32 Å². The third-order valence-corrected chi connectivity index (χ3v) is 6.72. The number of fused-ring (bicyclic) bond motifs is 2. The predicted octanol–water partition coefficient (Wildman–Crippen LogP) is 4.42. The fourth-order valence-electron chi connectivity index (χ4n) is 4.41. The molecule has 2 bridgehead atoms. The zero-order valence-electron chi connectivity index (χ0n) is 14.7. The van der Waals surface area contributed by atoms with Crippen LogP contribution in [-0.2, 0) is 4.79 Å². The lowest BCUT2D eigenvalue weighted by molar-refractivity contribution is -0.119. The molecule has 1 amide bonds. The first-order chi connectivity index (χ1) is 12.6. The predicted molar refractivity (Wildman–Crippen MR) is 102 cm³/mol. The molecule has 1 aromatic heterocycles. The van der Waals surface area contributed by atoms with Crippen molar-refractivity contribution < 1.29 is 9.21 Å². The van der Waals surface area contributed by atoms with E-state index in [-0.39, 0.29) is 17.7 Å². The first-order valence-corrected chi connectivity index (χ1v) is 10.5. The SMILES string of the molecule is C[C@@H](NC(=O)CSc1nnc(-c2ccc(Cl)cc2)o1)[C@H]1C[C@H]2CC[C@H]1C2. The van der Waals surface area contributed by atoms with Crippen LogP contribution in [0.4, 0.5) is 0 Å². The summed E-state index contributed by atoms with van der Waals surface area (Å²) in [6.45, 7) is 2.14. The summed E-state index contributed by atoms with van der Waals surface area (Å²) in [6, 6.07) is 7.45. The van der Waals surface area contributed by atoms with E-state index >= 15 is 0 Å². The molecule has 2 saturated carbocycles. The van der Waals surface area contributed by atoms with E-state index in [4.69, 9.17) is 16.0 Å². The number of nitrogens with one attached hydrogen (secondary N) is 1. The number of carbonyl (C=O) groups is 1. The summed E-state index contributed by atoms with van der Waals surface area (Å²) in [4.78, 5) is 12.3. The van der Waals surface area contributed by atoms with Crippen molar-refractivity contribution in [3.8, 4) is 11.5 Å². The second-order valence-corrected chi connectivity index (χ2v) is 8.73. The third kappa shape index (κ3) is 3.91. The Balaban J connectivity index is 1.27. The van der Waals surface area contributed by atoms with Crippen molar-refractivity contribution in [1.82, 2.24) is 15.5 Å². The highest BCUT2D eigenvalue weighted by Gasteiger charge is 2.42. The Kier molecular flexibility index (Phi) is 5.23. The summed E-state index contributed by atoms with van der Waals surface area (Å²) in [5.74, 6) is 3.08. The van der Waals surface area contributed by atoms with Crippen LogP contribution in [-0.4, -0.2) is 27.9 Å². The molecular weight excluding hydrogens is 370 g/mol. The van der Waals surface area contributed by atoms with Gasteiger partial charge in [-0.1, -0.05) is 29.8 Å². The molecule has 1 N–H and O–H groups in total. The van der Waals surface area contributed by atoms with E-state index in [1.165, 1.54) is 37.4 Å². The molecule has 138 valence electrons. The van der Waals surface area contributed by atoms with E-state index in [2.05, 4.69) is 22.4 Å². The van der Waals surface area contributed by atoms with Gasteiger partial charge in [0.25, 0.3) is 5.22 Å². The molecule has 1 aromatic carbocycles. The van der Waals surface area contributed by atoms with Crippen molar-refractivity contribution in [3.63, 3.8) is 0 Å². The molecule has 0 radical (unpaired) electrons. The number of halogens is 1. The molecule has 0 aliphatic heterocycles. The molecular formula is C19H22ClN3O2S. The number of amides is 1. The topological polar surface area (TPSA) is 68.0 Å². The Morgan fingerprint density at radius 3 is 2.81 bits per heavy atom. The van der Waals surface area contributed by atoms with Crippen molar-refractivity contribution in [1.29, 1.82) is 0 Å². The van der Waals surface area contributed by atoms with Gasteiger partial charge in [0.05, 0.1) is 5.75 Å². The van der Waals surface area contributed by atoms with Gasteiger partial charge in [0.15, 0.2) is 0 Å². The maximum absolute atomic E-state index is 12.3. The Morgan fingerprint density at radius 2 is 2.12 bits per heavy atom. The Bertz CT molecular complexity index is 779. The molecule has 0 saturated heterocycles. The highest BCUT2D eigenvalue weighted by atomic mass is 35.5. The minimum atomic E-state index is 0.0246. The molecule has 0 unspecified atom stereocenters. The van der Waals surface area contributed by atoms with Gasteiger partial charge in [-0.05, 0) is 68.2 Å². The fraction of sp³-hybridized carbons (Fsp3) is 0.526. The molecule has 2 fully saturated rings. The molecule has 26 heavy (non-hydrogen) atoms. The number of rotatable bonds is 6. The van der Waals surface area contributed by atoms with Crippen LogP contribution in [0.1, 0.15) is 32.6 Å². The second-order valence-electron chi connectivity index (χ2n) is 7.36. The number of thioether (sulfide) groups is 1. The molecule has 2 aliphatic rings. The van der Waals surface area contributed by atoms with Crippen molar-refractivity contribution in [2.75, 3.05) is 5.75 Å². The third-order valence-electron chi connectivity index (χ3n) is 5.65. The fourth-order valence-corrected chi connectivity index (χ4v) is 5.11. The average Bonchev–Trinajstić information content (AvgIpc) is 3.37. The summed E-state index contributed by atoms with van der Waals surface area (Å²) >= 11 is 7.15. The van der Waals surface area contributed by atoms with Gasteiger partial charge in [-0.15, -0.1) is 10.2 Å². The number of aromatic nitrogens is 2. The van der Waals surface area contributed by atoms with E-state index < -0.39 is 0 Å². The second kappa shape index (κ2) is 7.61. The first kappa shape index (κ1) is 17.9. The van der Waals surface area contributed by atoms with E-state index in [0.29, 0.717) is 22.1 Å². The van der Waals surface area contributed by atoms with Crippen LogP contribution in [0.5, 0.6) is 0 Å². The molecule has 2 aliphatic carbocycles. The zero-order valence-corrected chi connectivity index (χ0v) is 16.2. The Morgan fingerprint density at radius 1 is 1.31 bits per heavy atom. The summed E-state index contributed by atoms with van der Waals surface area (Å²) < 4.78 is 5.62. The monoisotopic (exact) mass is 391 g/mol. The van der Waals surface area contributed by atoms with Crippen LogP contribution in [0.25, 0.3) is 11.5 Å². The van der Waals surface area contributed by atoms with Crippen molar-refractivity contribution >= 4 is 29.3 Å². The van der Waals surface area contributed by atoms with Gasteiger partial charge in [-0.2, -0.15) is 0 Å². The van der Waals surface area contributed by atoms with Crippen LogP contribution in [0, 0.1) is 17.8 Å². The van der Waals surface area contributed by atoms with Crippen LogP contribution in [0.2, 0.25) is 5.02 Å². The van der Waals surface area contributed by atoms with Gasteiger partial charge in [0.2, 0.25) is 11.8 Å². The van der Waals surface area contributed by atoms with Crippen LogP contribution >= 0.6 is 23.4 Å². The highest BCUT2D eigenvalue weighted by molar-refractivity contribution is 7.99. The average molecular weight is 392 g/mol. The van der Waals surface area contributed by atoms with Crippen molar-refractivity contribution in [2.45, 2.75) is 43.9 Å². The number of carbonyl (C=O) groups excluding carboxylic acids is 1. The Hall–Kier alpha value is -1.53. The van der Waals surface area contributed by atoms with Gasteiger partial charge >= 0.3 is 0 Å². The lowest BCUT2D eigenvalue weighted by Crippen LogP contribution is -2.40. The molecule has 4 rings (SSSR count). The molecule has 1 heterocycles. The molecule has 2 aromatic rings. The number of nitrogens with zero attached hydrogens (tertiary/aromatic N) is 2. The maximum atomic E-state index is 12.3. The van der Waals surface area contributed by atoms with Crippen molar-refractivity contribution in [3.05, 3.63) is 29.3 Å². The highest BCUT2D eigenvalue weighted by Crippen LogP contribution is 2.49. The molecule has 0 spiro atoms. The summed E-state index contributed by atoms with van der Waals surface area (Å²) in [6.07, 6.45) is 5.34. The van der Waals surface area contributed by atoms with Gasteiger partial charge in [-0.3, -0.25) is 4.79 Å². The minimum absolute atomic E-state index is 0.0246. The van der Waals surface area contributed by atoms with Gasteiger partial charge in [-0.25, -0.2) is 0 Å². The lowest BCUT2D eigenvalue weighted by Gasteiger charge is -2.28. The van der Waals surface area contributed by atoms with E-state index in [1.807, 2.05) is 12.1 Å². The number of benzene rings is 1. The van der Waals surface area contributed by atoms with Crippen LogP contribution in [0.3, 0.4) is 0 Å². The minimum Gasteiger partial charge on any atom is -0.411 e. The first-order valence-electron chi connectivity index (χ1n) is 9.10. The van der Waals surface area contributed by atoms with E-state index in [1.54, 1.807) is 12.1 Å². The smallest absolute Gasteiger partial charge is 0.277 e. The van der Waals surface area contributed by atoms with E-state index in [0.717, 1.165) is 17.4 Å². The van der Waals surface area contributed by atoms with Gasteiger partial charge < -0.3 is 9.73 Å². The molecule has 4 atom stereocenters. The normalized spacial score (nSPS) is 25.4. The quantitative estimate of drug-likeness (QED) is 0.738. The standard InChI is InChI=1S/C19H22ClN3O2S/c1-11(16-9-12-2-3-14(16)8-12)21-17(24)10-26-19-23-22-18(25-19)13-4-6-15(20)7-5-13/h4-7,11-12,14,16H,2-3,8-10H2,1H3,(H,21,24)/t11-,12+,14+,16-/m1/s1. The molecule has 5 nitrogen and oxygen atoms in total. The summed E-state index contributed by atoms with van der Waals surface area (Å²) in [7, 11) is 0. The molecule has 7 heteroatoms. The number of hydrogen-bond donors (Lipinski definition) is 1. The number of hydrogen-bond acceptors (Lipinski definition) is 5. The largest absolute Gasteiger partial charge is 0.411 e. The van der Waals surface area contributed by atoms with Gasteiger partial charge in [0.1, 0.15) is 0 Å².